The number of hydrogen-bond acceptors (Lipinski definition) is 0. The minimum absolute atomic E-state index is 0.690. The van der Waals surface area contributed by atoms with Crippen molar-refractivity contribution < 1.29 is 0 Å². The third kappa shape index (κ3) is 2.47. The van der Waals surface area contributed by atoms with Crippen LogP contribution in [-0.4, -0.2) is 4.43 Å². The number of alkyl halides is 1. The van der Waals surface area contributed by atoms with E-state index in [1.807, 2.05) is 0 Å². The topological polar surface area (TPSA) is 0 Å². The molecular weight excluding hydrogens is 247 g/mol. The molecule has 0 aliphatic heterocycles. The van der Waals surface area contributed by atoms with E-state index in [9.17, 15) is 0 Å². The molecule has 0 aliphatic carbocycles. The lowest BCUT2D eigenvalue weighted by molar-refractivity contribution is 0.893. The molecule has 0 amide bonds. The highest BCUT2D eigenvalue weighted by Gasteiger charge is 2.01. The summed E-state index contributed by atoms with van der Waals surface area (Å²) in [6.45, 7) is 4.41. The Morgan fingerprint density at radius 1 is 1.45 bits per heavy atom. The molecule has 1 heteroatoms. The molecule has 11 heavy (non-hydrogen) atoms. The zero-order valence-electron chi connectivity index (χ0n) is 6.97. The highest BCUT2D eigenvalue weighted by atomic mass is 127. The van der Waals surface area contributed by atoms with E-state index in [2.05, 4.69) is 60.7 Å². The third-order valence-corrected chi connectivity index (χ3v) is 3.16. The molecule has 1 aromatic rings. The first-order chi connectivity index (χ1) is 5.24. The van der Waals surface area contributed by atoms with Gasteiger partial charge in [-0.15, -0.1) is 0 Å². The predicted octanol–water partition coefficient (Wildman–Crippen LogP) is 3.53. The van der Waals surface area contributed by atoms with Gasteiger partial charge in [0.25, 0.3) is 0 Å². The fourth-order valence-electron chi connectivity index (χ4n) is 1.07. The summed E-state index contributed by atoms with van der Waals surface area (Å²) in [4.78, 5) is 0. The van der Waals surface area contributed by atoms with Gasteiger partial charge in [0.2, 0.25) is 0 Å². The Bertz CT molecular complexity index is 230. The number of halogens is 1. The molecule has 0 spiro atoms. The minimum atomic E-state index is 0.690. The molecule has 0 saturated heterocycles. The lowest BCUT2D eigenvalue weighted by Gasteiger charge is -2.07. The average Bonchev–Trinajstić information content (AvgIpc) is 2.03. The van der Waals surface area contributed by atoms with Crippen LogP contribution in [0, 0.1) is 6.92 Å². The van der Waals surface area contributed by atoms with Crippen molar-refractivity contribution in [1.29, 1.82) is 0 Å². The third-order valence-electron chi connectivity index (χ3n) is 1.84. The number of rotatable bonds is 2. The predicted molar refractivity (Wildman–Crippen MR) is 58.5 cm³/mol. The second-order valence-electron chi connectivity index (χ2n) is 2.97. The molecule has 0 heterocycles. The molecule has 0 saturated carbocycles. The van der Waals surface area contributed by atoms with E-state index < -0.39 is 0 Å². The van der Waals surface area contributed by atoms with E-state index in [1.54, 1.807) is 0 Å². The van der Waals surface area contributed by atoms with Gasteiger partial charge in [-0.1, -0.05) is 59.3 Å². The molecule has 0 fully saturated rings. The Kier molecular flexibility index (Phi) is 3.37. The summed E-state index contributed by atoms with van der Waals surface area (Å²) in [5.41, 5.74) is 2.82. The Morgan fingerprint density at radius 2 is 2.18 bits per heavy atom. The van der Waals surface area contributed by atoms with E-state index in [1.165, 1.54) is 15.6 Å². The van der Waals surface area contributed by atoms with E-state index in [0.717, 1.165) is 0 Å². The van der Waals surface area contributed by atoms with Gasteiger partial charge in [-0.3, -0.25) is 0 Å². The van der Waals surface area contributed by atoms with Crippen LogP contribution in [0.4, 0.5) is 0 Å². The van der Waals surface area contributed by atoms with Crippen LogP contribution in [0.15, 0.2) is 24.3 Å². The molecule has 60 valence electrons. The maximum absolute atomic E-state index is 2.43. The normalized spacial score (nSPS) is 13.0. The summed E-state index contributed by atoms with van der Waals surface area (Å²) in [5.74, 6) is 0.690. The van der Waals surface area contributed by atoms with Crippen LogP contribution in [-0.2, 0) is 0 Å². The molecule has 1 atom stereocenters. The van der Waals surface area contributed by atoms with Crippen LogP contribution in [0.2, 0.25) is 0 Å². The van der Waals surface area contributed by atoms with Crippen molar-refractivity contribution in [1.82, 2.24) is 0 Å². The first-order valence-corrected chi connectivity index (χ1v) is 5.39. The zero-order valence-corrected chi connectivity index (χ0v) is 9.13. The summed E-state index contributed by atoms with van der Waals surface area (Å²) >= 11 is 2.43. The summed E-state index contributed by atoms with van der Waals surface area (Å²) in [7, 11) is 0. The molecule has 0 nitrogen and oxygen atoms in total. The lowest BCUT2D eigenvalue weighted by atomic mass is 10.0. The molecule has 0 unspecified atom stereocenters. The van der Waals surface area contributed by atoms with Crippen LogP contribution in [0.5, 0.6) is 0 Å². The van der Waals surface area contributed by atoms with Crippen molar-refractivity contribution in [3.05, 3.63) is 35.4 Å². The second-order valence-corrected chi connectivity index (χ2v) is 3.85. The summed E-state index contributed by atoms with van der Waals surface area (Å²) in [6, 6.07) is 8.75. The standard InChI is InChI=1S/C10H13I/c1-8-4-3-5-10(6-8)9(2)7-11/h3-6,9H,7H2,1-2H3/t9-/m0/s1. The van der Waals surface area contributed by atoms with Gasteiger partial charge < -0.3 is 0 Å². The van der Waals surface area contributed by atoms with E-state index in [-0.39, 0.29) is 0 Å². The molecule has 0 N–H and O–H groups in total. The summed E-state index contributed by atoms with van der Waals surface area (Å²) in [5, 5.41) is 0. The zero-order chi connectivity index (χ0) is 8.27. The Balaban J connectivity index is 2.86. The SMILES string of the molecule is Cc1cccc([C@@H](C)CI)c1. The van der Waals surface area contributed by atoms with Gasteiger partial charge in [-0.2, -0.15) is 0 Å². The fraction of sp³-hybridized carbons (Fsp3) is 0.400. The quantitative estimate of drug-likeness (QED) is 0.563. The maximum Gasteiger partial charge on any atom is 0.00616 e. The second kappa shape index (κ2) is 4.10. The van der Waals surface area contributed by atoms with Crippen LogP contribution in [0.1, 0.15) is 24.0 Å². The fourth-order valence-corrected chi connectivity index (χ4v) is 1.57. The van der Waals surface area contributed by atoms with Gasteiger partial charge in [0.1, 0.15) is 0 Å². The van der Waals surface area contributed by atoms with E-state index in [0.29, 0.717) is 5.92 Å². The van der Waals surface area contributed by atoms with Crippen molar-refractivity contribution >= 4 is 22.6 Å². The molecule has 1 rings (SSSR count). The minimum Gasteiger partial charge on any atom is -0.0857 e. The Labute approximate surface area is 82.2 Å². The molecule has 1 aromatic carbocycles. The van der Waals surface area contributed by atoms with Crippen LogP contribution >= 0.6 is 22.6 Å². The first-order valence-electron chi connectivity index (χ1n) is 3.86. The van der Waals surface area contributed by atoms with Gasteiger partial charge in [0.05, 0.1) is 0 Å². The van der Waals surface area contributed by atoms with E-state index in [4.69, 9.17) is 0 Å². The van der Waals surface area contributed by atoms with Gasteiger partial charge in [-0.05, 0) is 18.4 Å². The average molecular weight is 260 g/mol. The lowest BCUT2D eigenvalue weighted by Crippen LogP contribution is -1.93. The molecule has 0 bridgehead atoms. The van der Waals surface area contributed by atoms with Crippen molar-refractivity contribution in [3.8, 4) is 0 Å². The van der Waals surface area contributed by atoms with Crippen molar-refractivity contribution in [2.24, 2.45) is 0 Å². The van der Waals surface area contributed by atoms with Crippen LogP contribution < -0.4 is 0 Å². The number of benzene rings is 1. The largest absolute Gasteiger partial charge is 0.0857 e. The Hall–Kier alpha value is -0.0500. The highest BCUT2D eigenvalue weighted by Crippen LogP contribution is 2.18. The Morgan fingerprint density at radius 3 is 2.73 bits per heavy atom. The van der Waals surface area contributed by atoms with Crippen molar-refractivity contribution in [3.63, 3.8) is 0 Å². The van der Waals surface area contributed by atoms with Gasteiger partial charge >= 0.3 is 0 Å². The van der Waals surface area contributed by atoms with E-state index >= 15 is 0 Å². The van der Waals surface area contributed by atoms with Crippen LogP contribution in [0.3, 0.4) is 0 Å². The molecule has 0 aliphatic rings. The summed E-state index contributed by atoms with van der Waals surface area (Å²) < 4.78 is 1.20. The highest BCUT2D eigenvalue weighted by molar-refractivity contribution is 14.1. The van der Waals surface area contributed by atoms with Gasteiger partial charge in [-0.25, -0.2) is 0 Å². The molecule has 0 aromatic heterocycles. The molecular formula is C10H13I. The number of hydrogen-bond donors (Lipinski definition) is 0. The van der Waals surface area contributed by atoms with Crippen LogP contribution in [0.25, 0.3) is 0 Å². The maximum atomic E-state index is 2.43. The smallest absolute Gasteiger partial charge is 0.00616 e. The summed E-state index contributed by atoms with van der Waals surface area (Å²) in [6.07, 6.45) is 0. The van der Waals surface area contributed by atoms with Crippen molar-refractivity contribution in [2.45, 2.75) is 19.8 Å². The van der Waals surface area contributed by atoms with Gasteiger partial charge in [0.15, 0.2) is 0 Å². The van der Waals surface area contributed by atoms with Crippen molar-refractivity contribution in [2.75, 3.05) is 4.43 Å². The molecule has 0 radical (unpaired) electrons. The monoisotopic (exact) mass is 260 g/mol. The van der Waals surface area contributed by atoms with Gasteiger partial charge in [0, 0.05) is 4.43 Å². The first kappa shape index (κ1) is 9.04. The number of aryl methyl sites for hydroxylation is 1.